The first-order valence-corrected chi connectivity index (χ1v) is 6.79. The number of halogens is 1. The molecule has 2 unspecified atom stereocenters. The maximum absolute atomic E-state index is 4.42. The van der Waals surface area contributed by atoms with Crippen molar-refractivity contribution >= 4 is 15.9 Å². The van der Waals surface area contributed by atoms with Crippen molar-refractivity contribution < 1.29 is 0 Å². The summed E-state index contributed by atoms with van der Waals surface area (Å²) in [5.74, 6) is 2.00. The first kappa shape index (κ1) is 11.2. The van der Waals surface area contributed by atoms with Crippen molar-refractivity contribution in [1.29, 1.82) is 0 Å². The maximum Gasteiger partial charge on any atom is 0.108 e. The van der Waals surface area contributed by atoms with Crippen LogP contribution in [0.2, 0.25) is 0 Å². The van der Waals surface area contributed by atoms with E-state index in [0.717, 1.165) is 12.3 Å². The summed E-state index contributed by atoms with van der Waals surface area (Å²) in [7, 11) is 2.09. The predicted octanol–water partition coefficient (Wildman–Crippen LogP) is 3.31. The van der Waals surface area contributed by atoms with Gasteiger partial charge in [0.2, 0.25) is 0 Å². The molecule has 2 nitrogen and oxygen atoms in total. The molecule has 1 heterocycles. The van der Waals surface area contributed by atoms with Crippen molar-refractivity contribution in [2.24, 2.45) is 13.0 Å². The highest BCUT2D eigenvalue weighted by atomic mass is 79.9. The third-order valence-electron chi connectivity index (χ3n) is 3.43. The fourth-order valence-corrected chi connectivity index (χ4v) is 3.17. The Labute approximate surface area is 100 Å². The molecular formula is C12H19BrN2. The van der Waals surface area contributed by atoms with E-state index in [1.807, 2.05) is 12.4 Å². The van der Waals surface area contributed by atoms with Crippen molar-refractivity contribution in [1.82, 2.24) is 9.55 Å². The predicted molar refractivity (Wildman–Crippen MR) is 66.2 cm³/mol. The molecule has 1 aliphatic rings. The Bertz CT molecular complexity index is 308. The Morgan fingerprint density at radius 2 is 2.20 bits per heavy atom. The summed E-state index contributed by atoms with van der Waals surface area (Å²) >= 11 is 3.84. The van der Waals surface area contributed by atoms with Crippen LogP contribution in [-0.4, -0.2) is 14.4 Å². The summed E-state index contributed by atoms with van der Waals surface area (Å²) in [4.78, 5) is 5.11. The van der Waals surface area contributed by atoms with E-state index in [1.165, 1.54) is 37.9 Å². The Morgan fingerprint density at radius 3 is 2.93 bits per heavy atom. The van der Waals surface area contributed by atoms with E-state index in [2.05, 4.69) is 32.5 Å². The molecule has 0 bridgehead atoms. The molecule has 3 heteroatoms. The van der Waals surface area contributed by atoms with Crippen LogP contribution in [0.5, 0.6) is 0 Å². The van der Waals surface area contributed by atoms with Gasteiger partial charge < -0.3 is 4.57 Å². The SMILES string of the molecule is Cn1ccnc1CC1CCCCCC1Br. The van der Waals surface area contributed by atoms with Crippen molar-refractivity contribution in [2.75, 3.05) is 0 Å². The molecule has 1 saturated carbocycles. The van der Waals surface area contributed by atoms with E-state index in [9.17, 15) is 0 Å². The quantitative estimate of drug-likeness (QED) is 0.596. The molecule has 1 aromatic heterocycles. The summed E-state index contributed by atoms with van der Waals surface area (Å²) in [5.41, 5.74) is 0. The number of nitrogens with zero attached hydrogens (tertiary/aromatic N) is 2. The Morgan fingerprint density at radius 1 is 1.40 bits per heavy atom. The molecule has 0 saturated heterocycles. The largest absolute Gasteiger partial charge is 0.338 e. The van der Waals surface area contributed by atoms with Crippen LogP contribution in [0, 0.1) is 5.92 Å². The van der Waals surface area contributed by atoms with E-state index in [1.54, 1.807) is 0 Å². The minimum absolute atomic E-state index is 0.691. The Balaban J connectivity index is 2.00. The van der Waals surface area contributed by atoms with Gasteiger partial charge in [-0.25, -0.2) is 4.98 Å². The first-order valence-electron chi connectivity index (χ1n) is 5.87. The second-order valence-corrected chi connectivity index (χ2v) is 5.75. The fraction of sp³-hybridized carbons (Fsp3) is 0.750. The highest BCUT2D eigenvalue weighted by Gasteiger charge is 2.22. The fourth-order valence-electron chi connectivity index (χ4n) is 2.40. The smallest absolute Gasteiger partial charge is 0.108 e. The molecule has 0 spiro atoms. The van der Waals surface area contributed by atoms with Gasteiger partial charge >= 0.3 is 0 Å². The zero-order valence-electron chi connectivity index (χ0n) is 9.32. The van der Waals surface area contributed by atoms with E-state index >= 15 is 0 Å². The zero-order chi connectivity index (χ0) is 10.7. The number of aromatic nitrogens is 2. The maximum atomic E-state index is 4.42. The average Bonchev–Trinajstić information content (AvgIpc) is 2.50. The van der Waals surface area contributed by atoms with Gasteiger partial charge in [-0.05, 0) is 18.8 Å². The van der Waals surface area contributed by atoms with Crippen LogP contribution >= 0.6 is 15.9 Å². The lowest BCUT2D eigenvalue weighted by Gasteiger charge is -2.19. The highest BCUT2D eigenvalue weighted by molar-refractivity contribution is 9.09. The minimum atomic E-state index is 0.691. The van der Waals surface area contributed by atoms with Crippen LogP contribution in [0.4, 0.5) is 0 Å². The molecule has 1 aliphatic carbocycles. The average molecular weight is 271 g/mol. The molecule has 2 atom stereocenters. The van der Waals surface area contributed by atoms with Gasteiger partial charge in [0.25, 0.3) is 0 Å². The second-order valence-electron chi connectivity index (χ2n) is 4.57. The third kappa shape index (κ3) is 2.83. The Kier molecular flexibility index (Phi) is 3.84. The number of hydrogen-bond acceptors (Lipinski definition) is 1. The van der Waals surface area contributed by atoms with E-state index in [0.29, 0.717) is 4.83 Å². The van der Waals surface area contributed by atoms with E-state index < -0.39 is 0 Å². The molecule has 0 amide bonds. The van der Waals surface area contributed by atoms with E-state index in [4.69, 9.17) is 0 Å². The molecule has 0 aliphatic heterocycles. The summed E-state index contributed by atoms with van der Waals surface area (Å²) < 4.78 is 2.14. The van der Waals surface area contributed by atoms with Gasteiger partial charge in [-0.1, -0.05) is 35.2 Å². The monoisotopic (exact) mass is 270 g/mol. The number of aryl methyl sites for hydroxylation is 1. The summed E-state index contributed by atoms with van der Waals surface area (Å²) in [6, 6.07) is 0. The van der Waals surface area contributed by atoms with Crippen LogP contribution in [0.25, 0.3) is 0 Å². The molecule has 2 rings (SSSR count). The molecule has 1 fully saturated rings. The zero-order valence-corrected chi connectivity index (χ0v) is 10.9. The van der Waals surface area contributed by atoms with Gasteiger partial charge in [-0.15, -0.1) is 0 Å². The lowest BCUT2D eigenvalue weighted by molar-refractivity contribution is 0.459. The first-order chi connectivity index (χ1) is 7.27. The summed E-state index contributed by atoms with van der Waals surface area (Å²) in [6.07, 6.45) is 11.9. The number of rotatable bonds is 2. The summed E-state index contributed by atoms with van der Waals surface area (Å²) in [6.45, 7) is 0. The molecule has 0 aromatic carbocycles. The van der Waals surface area contributed by atoms with Crippen LogP contribution in [0.1, 0.15) is 37.9 Å². The van der Waals surface area contributed by atoms with Gasteiger partial charge in [0.1, 0.15) is 5.82 Å². The minimum Gasteiger partial charge on any atom is -0.338 e. The Hall–Kier alpha value is -0.310. The molecule has 15 heavy (non-hydrogen) atoms. The molecule has 0 N–H and O–H groups in total. The normalized spacial score (nSPS) is 27.6. The molecule has 84 valence electrons. The third-order valence-corrected chi connectivity index (χ3v) is 4.64. The van der Waals surface area contributed by atoms with Gasteiger partial charge in [0, 0.05) is 30.7 Å². The van der Waals surface area contributed by atoms with Gasteiger partial charge in [-0.3, -0.25) is 0 Å². The molecular weight excluding hydrogens is 252 g/mol. The van der Waals surface area contributed by atoms with Crippen molar-refractivity contribution in [3.63, 3.8) is 0 Å². The highest BCUT2D eigenvalue weighted by Crippen LogP contribution is 2.30. The lowest BCUT2D eigenvalue weighted by Crippen LogP contribution is -2.17. The topological polar surface area (TPSA) is 17.8 Å². The number of alkyl halides is 1. The standard InChI is InChI=1S/C12H19BrN2/c1-15-8-7-14-12(15)9-10-5-3-2-4-6-11(10)13/h7-8,10-11H,2-6,9H2,1H3. The number of hydrogen-bond donors (Lipinski definition) is 0. The van der Waals surface area contributed by atoms with Crippen LogP contribution in [0.15, 0.2) is 12.4 Å². The van der Waals surface area contributed by atoms with Gasteiger partial charge in [0.15, 0.2) is 0 Å². The number of imidazole rings is 1. The van der Waals surface area contributed by atoms with Crippen molar-refractivity contribution in [3.05, 3.63) is 18.2 Å². The second kappa shape index (κ2) is 5.15. The lowest BCUT2D eigenvalue weighted by atomic mass is 9.96. The molecule has 1 aromatic rings. The van der Waals surface area contributed by atoms with Gasteiger partial charge in [0.05, 0.1) is 0 Å². The van der Waals surface area contributed by atoms with Crippen molar-refractivity contribution in [3.8, 4) is 0 Å². The van der Waals surface area contributed by atoms with Gasteiger partial charge in [-0.2, -0.15) is 0 Å². The van der Waals surface area contributed by atoms with E-state index in [-0.39, 0.29) is 0 Å². The van der Waals surface area contributed by atoms with Crippen LogP contribution in [0.3, 0.4) is 0 Å². The molecule has 0 radical (unpaired) electrons. The summed E-state index contributed by atoms with van der Waals surface area (Å²) in [5, 5.41) is 0. The van der Waals surface area contributed by atoms with Crippen LogP contribution in [-0.2, 0) is 13.5 Å². The van der Waals surface area contributed by atoms with Crippen LogP contribution < -0.4 is 0 Å². The van der Waals surface area contributed by atoms with Crippen molar-refractivity contribution in [2.45, 2.75) is 43.4 Å².